The van der Waals surface area contributed by atoms with Crippen LogP contribution in [0.15, 0.2) is 23.1 Å². The summed E-state index contributed by atoms with van der Waals surface area (Å²) in [6.07, 6.45) is 3.53. The Hall–Kier alpha value is -1.03. The molecule has 1 aromatic rings. The lowest BCUT2D eigenvalue weighted by molar-refractivity contribution is 0.0905. The normalized spacial score (nSPS) is 17.4. The third kappa shape index (κ3) is 2.80. The molecular weight excluding hydrogens is 237 g/mol. The summed E-state index contributed by atoms with van der Waals surface area (Å²) in [5, 5.41) is 2.85. The van der Waals surface area contributed by atoms with Gasteiger partial charge in [-0.2, -0.15) is 0 Å². The van der Waals surface area contributed by atoms with E-state index in [-0.39, 0.29) is 17.5 Å². The predicted octanol–water partition coefficient (Wildman–Crippen LogP) is 3.03. The number of thiol groups is 1. The van der Waals surface area contributed by atoms with Crippen LogP contribution in [-0.2, 0) is 0 Å². The highest BCUT2D eigenvalue weighted by Crippen LogP contribution is 2.29. The van der Waals surface area contributed by atoms with Crippen LogP contribution < -0.4 is 5.32 Å². The molecule has 1 atom stereocenters. The summed E-state index contributed by atoms with van der Waals surface area (Å²) in [7, 11) is 0. The highest BCUT2D eigenvalue weighted by molar-refractivity contribution is 7.80. The third-order valence-corrected chi connectivity index (χ3v) is 3.69. The van der Waals surface area contributed by atoms with E-state index in [0.29, 0.717) is 10.8 Å². The molecule has 0 bridgehead atoms. The molecule has 1 aliphatic carbocycles. The van der Waals surface area contributed by atoms with Crippen LogP contribution in [-0.4, -0.2) is 11.9 Å². The summed E-state index contributed by atoms with van der Waals surface area (Å²) in [6.45, 7) is 1.98. The molecule has 0 saturated heterocycles. The van der Waals surface area contributed by atoms with Gasteiger partial charge in [0.2, 0.25) is 0 Å². The molecule has 0 radical (unpaired) electrons. The molecule has 4 heteroatoms. The number of halogens is 1. The van der Waals surface area contributed by atoms with Crippen LogP contribution in [0.25, 0.3) is 0 Å². The van der Waals surface area contributed by atoms with Crippen LogP contribution in [0.2, 0.25) is 0 Å². The smallest absolute Gasteiger partial charge is 0.254 e. The predicted molar refractivity (Wildman–Crippen MR) is 67.9 cm³/mol. The molecule has 1 saturated carbocycles. The number of carbonyl (C=O) groups is 1. The number of nitrogens with one attached hydrogen (secondary N) is 1. The Morgan fingerprint density at radius 1 is 1.53 bits per heavy atom. The van der Waals surface area contributed by atoms with E-state index in [4.69, 9.17) is 0 Å². The maximum absolute atomic E-state index is 13.5. The first kappa shape index (κ1) is 12.4. The van der Waals surface area contributed by atoms with E-state index in [2.05, 4.69) is 17.9 Å². The van der Waals surface area contributed by atoms with Crippen LogP contribution in [0.4, 0.5) is 4.39 Å². The summed E-state index contributed by atoms with van der Waals surface area (Å²) < 4.78 is 13.5. The molecule has 2 rings (SSSR count). The number of benzene rings is 1. The van der Waals surface area contributed by atoms with Crippen molar-refractivity contribution >= 4 is 18.5 Å². The molecule has 1 aliphatic rings. The van der Waals surface area contributed by atoms with E-state index in [0.717, 1.165) is 12.8 Å². The van der Waals surface area contributed by atoms with Crippen LogP contribution in [0.3, 0.4) is 0 Å². The second-order valence-corrected chi connectivity index (χ2v) is 5.13. The van der Waals surface area contributed by atoms with Gasteiger partial charge >= 0.3 is 0 Å². The van der Waals surface area contributed by atoms with Crippen molar-refractivity contribution < 1.29 is 9.18 Å². The second-order valence-electron chi connectivity index (χ2n) is 4.62. The lowest BCUT2D eigenvalue weighted by atomic mass is 9.80. The fourth-order valence-corrected chi connectivity index (χ4v) is 2.23. The quantitative estimate of drug-likeness (QED) is 0.797. The molecule has 17 heavy (non-hydrogen) atoms. The van der Waals surface area contributed by atoms with Crippen LogP contribution in [0.1, 0.15) is 36.5 Å². The maximum Gasteiger partial charge on any atom is 0.254 e. The van der Waals surface area contributed by atoms with Gasteiger partial charge in [-0.25, -0.2) is 4.39 Å². The van der Waals surface area contributed by atoms with Gasteiger partial charge in [-0.3, -0.25) is 4.79 Å². The number of rotatable bonds is 3. The van der Waals surface area contributed by atoms with E-state index in [1.807, 2.05) is 6.92 Å². The molecule has 1 amide bonds. The number of amides is 1. The minimum absolute atomic E-state index is 0.0728. The Labute approximate surface area is 106 Å². The molecule has 0 aliphatic heterocycles. The molecule has 0 aromatic heterocycles. The van der Waals surface area contributed by atoms with Crippen molar-refractivity contribution in [2.45, 2.75) is 37.1 Å². The average Bonchev–Trinajstić information content (AvgIpc) is 2.18. The van der Waals surface area contributed by atoms with Gasteiger partial charge in [0.15, 0.2) is 0 Å². The summed E-state index contributed by atoms with van der Waals surface area (Å²) in [4.78, 5) is 12.5. The van der Waals surface area contributed by atoms with E-state index < -0.39 is 5.82 Å². The summed E-state index contributed by atoms with van der Waals surface area (Å²) in [6, 6.07) is 4.37. The maximum atomic E-state index is 13.5. The fourth-order valence-electron chi connectivity index (χ4n) is 2.03. The van der Waals surface area contributed by atoms with Gasteiger partial charge in [-0.05, 0) is 43.9 Å². The topological polar surface area (TPSA) is 29.1 Å². The summed E-state index contributed by atoms with van der Waals surface area (Å²) >= 11 is 4.11. The monoisotopic (exact) mass is 253 g/mol. The van der Waals surface area contributed by atoms with Crippen LogP contribution in [0.5, 0.6) is 0 Å². The first-order valence-electron chi connectivity index (χ1n) is 5.87. The summed E-state index contributed by atoms with van der Waals surface area (Å²) in [5.74, 6) is -0.305. The molecule has 0 heterocycles. The van der Waals surface area contributed by atoms with E-state index in [1.165, 1.54) is 24.6 Å². The fraction of sp³-hybridized carbons (Fsp3) is 0.462. The minimum Gasteiger partial charge on any atom is -0.349 e. The average molecular weight is 253 g/mol. The Kier molecular flexibility index (Phi) is 3.72. The van der Waals surface area contributed by atoms with Crippen molar-refractivity contribution in [3.05, 3.63) is 29.6 Å². The van der Waals surface area contributed by atoms with E-state index >= 15 is 0 Å². The zero-order valence-electron chi connectivity index (χ0n) is 9.74. The van der Waals surface area contributed by atoms with Crippen LogP contribution in [0, 0.1) is 11.7 Å². The van der Waals surface area contributed by atoms with Gasteiger partial charge in [-0.1, -0.05) is 6.42 Å². The minimum atomic E-state index is -0.499. The Balaban J connectivity index is 2.05. The number of hydrogen-bond donors (Lipinski definition) is 2. The van der Waals surface area contributed by atoms with Gasteiger partial charge in [0.25, 0.3) is 5.91 Å². The van der Waals surface area contributed by atoms with Gasteiger partial charge in [0.05, 0.1) is 5.56 Å². The number of hydrogen-bond acceptors (Lipinski definition) is 2. The lowest BCUT2D eigenvalue weighted by Gasteiger charge is -2.31. The van der Waals surface area contributed by atoms with Gasteiger partial charge < -0.3 is 5.32 Å². The first-order valence-corrected chi connectivity index (χ1v) is 6.32. The van der Waals surface area contributed by atoms with Crippen molar-refractivity contribution in [1.29, 1.82) is 0 Å². The third-order valence-electron chi connectivity index (χ3n) is 3.41. The van der Waals surface area contributed by atoms with Crippen molar-refractivity contribution in [2.75, 3.05) is 0 Å². The second kappa shape index (κ2) is 5.08. The Morgan fingerprint density at radius 2 is 2.24 bits per heavy atom. The Morgan fingerprint density at radius 3 is 2.82 bits per heavy atom. The molecule has 0 spiro atoms. The van der Waals surface area contributed by atoms with Crippen molar-refractivity contribution in [1.82, 2.24) is 5.32 Å². The van der Waals surface area contributed by atoms with Crippen molar-refractivity contribution in [2.24, 2.45) is 5.92 Å². The molecule has 2 nitrogen and oxygen atoms in total. The molecule has 1 aromatic carbocycles. The first-order chi connectivity index (χ1) is 8.08. The SMILES string of the molecule is CC(NC(=O)c1cc(S)ccc1F)C1CCC1. The highest BCUT2D eigenvalue weighted by atomic mass is 32.1. The zero-order valence-corrected chi connectivity index (χ0v) is 10.6. The molecule has 92 valence electrons. The van der Waals surface area contributed by atoms with Crippen molar-refractivity contribution in [3.8, 4) is 0 Å². The molecule has 1 N–H and O–H groups in total. The van der Waals surface area contributed by atoms with E-state index in [1.54, 1.807) is 0 Å². The number of carbonyl (C=O) groups excluding carboxylic acids is 1. The highest BCUT2D eigenvalue weighted by Gasteiger charge is 2.25. The van der Waals surface area contributed by atoms with Gasteiger partial charge in [0, 0.05) is 10.9 Å². The van der Waals surface area contributed by atoms with Crippen molar-refractivity contribution in [3.63, 3.8) is 0 Å². The van der Waals surface area contributed by atoms with Crippen LogP contribution >= 0.6 is 12.6 Å². The van der Waals surface area contributed by atoms with Gasteiger partial charge in [0.1, 0.15) is 5.82 Å². The summed E-state index contributed by atoms with van der Waals surface area (Å²) in [5.41, 5.74) is 0.0728. The zero-order chi connectivity index (χ0) is 12.4. The molecule has 1 fully saturated rings. The standard InChI is InChI=1S/C13H16FNOS/c1-8(9-3-2-4-9)15-13(16)11-7-10(17)5-6-12(11)14/h5-9,17H,2-4H2,1H3,(H,15,16). The largest absolute Gasteiger partial charge is 0.349 e. The van der Waals surface area contributed by atoms with Gasteiger partial charge in [-0.15, -0.1) is 12.6 Å². The van der Waals surface area contributed by atoms with E-state index in [9.17, 15) is 9.18 Å². The molecular formula is C13H16FNOS. The Bertz CT molecular complexity index is 431. The molecule has 1 unspecified atom stereocenters. The lowest BCUT2D eigenvalue weighted by Crippen LogP contribution is -2.40.